The third-order valence-electron chi connectivity index (χ3n) is 3.16. The molecule has 1 aliphatic heterocycles. The van der Waals surface area contributed by atoms with E-state index in [9.17, 15) is 0 Å². The Morgan fingerprint density at radius 1 is 1.47 bits per heavy atom. The molecule has 0 amide bonds. The van der Waals surface area contributed by atoms with E-state index < -0.39 is 0 Å². The molecule has 1 aromatic carbocycles. The first-order valence-electron chi connectivity index (χ1n) is 6.52. The molecule has 1 atom stereocenters. The van der Waals surface area contributed by atoms with Gasteiger partial charge in [-0.2, -0.15) is 0 Å². The summed E-state index contributed by atoms with van der Waals surface area (Å²) in [5.74, 6) is 0.897. The molecule has 1 aromatic rings. The molecule has 0 spiro atoms. The molecule has 17 heavy (non-hydrogen) atoms. The topological polar surface area (TPSA) is 38.5 Å². The van der Waals surface area contributed by atoms with Crippen molar-refractivity contribution in [2.24, 2.45) is 0 Å². The number of ether oxygens (including phenoxy) is 1. The number of hydrogen-bond donors (Lipinski definition) is 1. The highest BCUT2D eigenvalue weighted by molar-refractivity contribution is 5.43. The summed E-state index contributed by atoms with van der Waals surface area (Å²) in [7, 11) is 0. The predicted molar refractivity (Wildman–Crippen MR) is 71.2 cm³/mol. The number of nitrogens with zero attached hydrogens (tertiary/aromatic N) is 1. The molecule has 1 aliphatic rings. The minimum atomic E-state index is 0.317. The lowest BCUT2D eigenvalue weighted by atomic mass is 10.1. The molecular formula is C14H22N2O. The molecule has 1 unspecified atom stereocenters. The van der Waals surface area contributed by atoms with Crippen LogP contribution >= 0.6 is 0 Å². The largest absolute Gasteiger partial charge is 0.489 e. The van der Waals surface area contributed by atoms with Gasteiger partial charge in [-0.3, -0.25) is 4.90 Å². The Morgan fingerprint density at radius 3 is 3.12 bits per heavy atom. The average molecular weight is 234 g/mol. The number of nitrogens with two attached hydrogens (primary N) is 1. The van der Waals surface area contributed by atoms with Gasteiger partial charge in [-0.15, -0.1) is 0 Å². The molecule has 1 fully saturated rings. The smallest absolute Gasteiger partial charge is 0.121 e. The second kappa shape index (κ2) is 5.92. The zero-order chi connectivity index (χ0) is 12.1. The monoisotopic (exact) mass is 234 g/mol. The minimum absolute atomic E-state index is 0.317. The van der Waals surface area contributed by atoms with Crippen LogP contribution in [0.25, 0.3) is 0 Å². The van der Waals surface area contributed by atoms with E-state index in [1.165, 1.54) is 25.9 Å². The van der Waals surface area contributed by atoms with Crippen LogP contribution in [0.4, 0.5) is 5.69 Å². The number of hydrogen-bond acceptors (Lipinski definition) is 3. The molecule has 3 nitrogen and oxygen atoms in total. The van der Waals surface area contributed by atoms with Gasteiger partial charge in [0, 0.05) is 18.3 Å². The summed E-state index contributed by atoms with van der Waals surface area (Å²) < 4.78 is 5.99. The van der Waals surface area contributed by atoms with Gasteiger partial charge in [-0.05, 0) is 44.5 Å². The van der Waals surface area contributed by atoms with Crippen LogP contribution in [0.2, 0.25) is 0 Å². The lowest BCUT2D eigenvalue weighted by Gasteiger charge is -2.32. The Kier molecular flexibility index (Phi) is 4.26. The van der Waals surface area contributed by atoms with Gasteiger partial charge in [0.15, 0.2) is 0 Å². The van der Waals surface area contributed by atoms with Crippen molar-refractivity contribution in [2.75, 3.05) is 25.4 Å². The number of anilines is 1. The first-order chi connectivity index (χ1) is 8.28. The van der Waals surface area contributed by atoms with Gasteiger partial charge in [0.25, 0.3) is 0 Å². The number of likely N-dealkylation sites (tertiary alicyclic amines) is 1. The quantitative estimate of drug-likeness (QED) is 0.814. The van der Waals surface area contributed by atoms with Crippen LogP contribution in [0.3, 0.4) is 0 Å². The second-order valence-corrected chi connectivity index (χ2v) is 4.76. The molecule has 1 saturated heterocycles. The Hall–Kier alpha value is -1.22. The summed E-state index contributed by atoms with van der Waals surface area (Å²) in [5, 5.41) is 0. The third kappa shape index (κ3) is 3.63. The third-order valence-corrected chi connectivity index (χ3v) is 3.16. The summed E-state index contributed by atoms with van der Waals surface area (Å²) >= 11 is 0. The number of benzene rings is 1. The van der Waals surface area contributed by atoms with Crippen molar-refractivity contribution < 1.29 is 4.74 Å². The molecule has 2 rings (SSSR count). The standard InChI is InChI=1S/C14H22N2O/c1-2-8-16-9-4-7-14(11-16)17-13-6-3-5-12(15)10-13/h3,5-6,10,14H,2,4,7-9,11,15H2,1H3. The number of rotatable bonds is 4. The van der Waals surface area contributed by atoms with Crippen LogP contribution in [-0.4, -0.2) is 30.6 Å². The molecule has 3 heteroatoms. The highest BCUT2D eigenvalue weighted by atomic mass is 16.5. The van der Waals surface area contributed by atoms with E-state index in [1.807, 2.05) is 24.3 Å². The fraction of sp³-hybridized carbons (Fsp3) is 0.571. The first kappa shape index (κ1) is 12.2. The number of piperidine rings is 1. The molecule has 0 radical (unpaired) electrons. The van der Waals surface area contributed by atoms with E-state index in [0.29, 0.717) is 6.10 Å². The molecular weight excluding hydrogens is 212 g/mol. The summed E-state index contributed by atoms with van der Waals surface area (Å²) in [6, 6.07) is 7.71. The van der Waals surface area contributed by atoms with E-state index in [1.54, 1.807) is 0 Å². The molecule has 0 aliphatic carbocycles. The van der Waals surface area contributed by atoms with Crippen molar-refractivity contribution in [1.82, 2.24) is 4.90 Å². The number of nitrogen functional groups attached to an aromatic ring is 1. The first-order valence-corrected chi connectivity index (χ1v) is 6.52. The normalized spacial score (nSPS) is 21.4. The summed E-state index contributed by atoms with van der Waals surface area (Å²) in [6.45, 7) is 5.66. The summed E-state index contributed by atoms with van der Waals surface area (Å²) in [5.41, 5.74) is 6.52. The zero-order valence-corrected chi connectivity index (χ0v) is 10.6. The van der Waals surface area contributed by atoms with E-state index in [0.717, 1.165) is 24.4 Å². The predicted octanol–water partition coefficient (Wildman–Crippen LogP) is 2.52. The molecule has 94 valence electrons. The van der Waals surface area contributed by atoms with Crippen LogP contribution in [0, 0.1) is 0 Å². The lowest BCUT2D eigenvalue weighted by Crippen LogP contribution is -2.41. The maximum atomic E-state index is 5.99. The van der Waals surface area contributed by atoms with Crippen LogP contribution < -0.4 is 10.5 Å². The maximum absolute atomic E-state index is 5.99. The van der Waals surface area contributed by atoms with Crippen LogP contribution in [-0.2, 0) is 0 Å². The van der Waals surface area contributed by atoms with Gasteiger partial charge in [0.1, 0.15) is 11.9 Å². The van der Waals surface area contributed by atoms with Gasteiger partial charge < -0.3 is 10.5 Å². The van der Waals surface area contributed by atoms with E-state index in [-0.39, 0.29) is 0 Å². The van der Waals surface area contributed by atoms with Crippen molar-refractivity contribution in [3.05, 3.63) is 24.3 Å². The van der Waals surface area contributed by atoms with Gasteiger partial charge in [0.2, 0.25) is 0 Å². The summed E-state index contributed by atoms with van der Waals surface area (Å²) in [4.78, 5) is 2.49. The Bertz CT molecular complexity index is 352. The Balaban J connectivity index is 1.90. The summed E-state index contributed by atoms with van der Waals surface area (Å²) in [6.07, 6.45) is 3.91. The average Bonchev–Trinajstić information content (AvgIpc) is 2.30. The molecule has 0 aromatic heterocycles. The fourth-order valence-electron chi connectivity index (χ4n) is 2.41. The highest BCUT2D eigenvalue weighted by Crippen LogP contribution is 2.20. The zero-order valence-electron chi connectivity index (χ0n) is 10.6. The highest BCUT2D eigenvalue weighted by Gasteiger charge is 2.20. The second-order valence-electron chi connectivity index (χ2n) is 4.76. The van der Waals surface area contributed by atoms with Gasteiger partial charge in [-0.25, -0.2) is 0 Å². The lowest BCUT2D eigenvalue weighted by molar-refractivity contribution is 0.0887. The van der Waals surface area contributed by atoms with Crippen molar-refractivity contribution in [1.29, 1.82) is 0 Å². The van der Waals surface area contributed by atoms with Gasteiger partial charge >= 0.3 is 0 Å². The van der Waals surface area contributed by atoms with Crippen molar-refractivity contribution >= 4 is 5.69 Å². The van der Waals surface area contributed by atoms with Crippen molar-refractivity contribution in [3.8, 4) is 5.75 Å². The van der Waals surface area contributed by atoms with E-state index in [2.05, 4.69) is 11.8 Å². The van der Waals surface area contributed by atoms with E-state index in [4.69, 9.17) is 10.5 Å². The SMILES string of the molecule is CCCN1CCCC(Oc2cccc(N)c2)C1. The van der Waals surface area contributed by atoms with Crippen molar-refractivity contribution in [3.63, 3.8) is 0 Å². The van der Waals surface area contributed by atoms with Gasteiger partial charge in [-0.1, -0.05) is 13.0 Å². The minimum Gasteiger partial charge on any atom is -0.489 e. The van der Waals surface area contributed by atoms with Crippen molar-refractivity contribution in [2.45, 2.75) is 32.3 Å². The van der Waals surface area contributed by atoms with Crippen LogP contribution in [0.1, 0.15) is 26.2 Å². The van der Waals surface area contributed by atoms with E-state index >= 15 is 0 Å². The molecule has 0 bridgehead atoms. The molecule has 0 saturated carbocycles. The van der Waals surface area contributed by atoms with Crippen LogP contribution in [0.5, 0.6) is 5.75 Å². The fourth-order valence-corrected chi connectivity index (χ4v) is 2.41. The Morgan fingerprint density at radius 2 is 2.35 bits per heavy atom. The molecule has 1 heterocycles. The molecule has 2 N–H and O–H groups in total. The maximum Gasteiger partial charge on any atom is 0.121 e. The Labute approximate surface area is 104 Å². The van der Waals surface area contributed by atoms with Gasteiger partial charge in [0.05, 0.1) is 0 Å². The van der Waals surface area contributed by atoms with Crippen LogP contribution in [0.15, 0.2) is 24.3 Å².